The molecule has 1 atom stereocenters. The molecule has 3 rings (SSSR count). The minimum absolute atomic E-state index is 0.0879. The smallest absolute Gasteiger partial charge is 0.258 e. The lowest BCUT2D eigenvalue weighted by molar-refractivity contribution is -0.121. The van der Waals surface area contributed by atoms with Gasteiger partial charge < -0.3 is 14.5 Å². The maximum absolute atomic E-state index is 13.0. The molecule has 2 aromatic carbocycles. The molecule has 0 aromatic heterocycles. The first-order valence-electron chi connectivity index (χ1n) is 8.40. The number of hydrogen-bond acceptors (Lipinski definition) is 4. The molecule has 0 radical (unpaired) electrons. The van der Waals surface area contributed by atoms with Crippen molar-refractivity contribution in [3.8, 4) is 11.8 Å². The number of piperazine rings is 1. The summed E-state index contributed by atoms with van der Waals surface area (Å²) in [6, 6.07) is 13.6. The molecule has 1 fully saturated rings. The summed E-state index contributed by atoms with van der Waals surface area (Å²) in [5.41, 5.74) is 1.30. The Morgan fingerprint density at radius 3 is 2.74 bits per heavy atom. The van der Waals surface area contributed by atoms with Crippen LogP contribution in [0, 0.1) is 11.3 Å². The monoisotopic (exact) mass is 383 g/mol. The predicted molar refractivity (Wildman–Crippen MR) is 102 cm³/mol. The molecule has 1 aliphatic heterocycles. The summed E-state index contributed by atoms with van der Waals surface area (Å²) < 4.78 is 5.26. The molecule has 2 amide bonds. The van der Waals surface area contributed by atoms with Crippen molar-refractivity contribution in [3.63, 3.8) is 0 Å². The quantitative estimate of drug-likeness (QED) is 0.816. The van der Waals surface area contributed by atoms with Crippen LogP contribution in [0.25, 0.3) is 0 Å². The van der Waals surface area contributed by atoms with E-state index in [0.717, 1.165) is 0 Å². The Bertz CT molecular complexity index is 938. The van der Waals surface area contributed by atoms with Gasteiger partial charge in [0, 0.05) is 17.6 Å². The fourth-order valence-corrected chi connectivity index (χ4v) is 3.33. The first-order valence-corrected chi connectivity index (χ1v) is 8.78. The van der Waals surface area contributed by atoms with Crippen LogP contribution in [-0.2, 0) is 4.79 Å². The van der Waals surface area contributed by atoms with Gasteiger partial charge in [0.05, 0.1) is 23.9 Å². The van der Waals surface area contributed by atoms with E-state index in [1.165, 1.54) is 18.1 Å². The molecule has 1 heterocycles. The molecule has 0 aliphatic carbocycles. The summed E-state index contributed by atoms with van der Waals surface area (Å²) in [7, 11) is 1.48. The first-order chi connectivity index (χ1) is 13.0. The highest BCUT2D eigenvalue weighted by atomic mass is 35.5. The fraction of sp³-hybridized carbons (Fsp3) is 0.250. The van der Waals surface area contributed by atoms with E-state index in [1.54, 1.807) is 41.3 Å². The molecule has 6 nitrogen and oxygen atoms in total. The number of nitriles is 1. The Morgan fingerprint density at radius 1 is 1.30 bits per heavy atom. The van der Waals surface area contributed by atoms with Crippen molar-refractivity contribution in [2.45, 2.75) is 13.0 Å². The number of hydrogen-bond donors (Lipinski definition) is 0. The van der Waals surface area contributed by atoms with Gasteiger partial charge in [0.1, 0.15) is 18.4 Å². The third-order valence-electron chi connectivity index (χ3n) is 4.55. The number of nitrogens with zero attached hydrogens (tertiary/aromatic N) is 3. The molecule has 0 spiro atoms. The van der Waals surface area contributed by atoms with Crippen LogP contribution >= 0.6 is 11.6 Å². The number of methoxy groups -OCH3 is 1. The first kappa shape index (κ1) is 18.7. The number of halogens is 1. The third-order valence-corrected chi connectivity index (χ3v) is 4.79. The molecule has 7 heteroatoms. The number of amides is 2. The minimum Gasteiger partial charge on any atom is -0.496 e. The number of rotatable bonds is 3. The van der Waals surface area contributed by atoms with Gasteiger partial charge in [0.15, 0.2) is 0 Å². The summed E-state index contributed by atoms with van der Waals surface area (Å²) >= 11 is 6.03. The van der Waals surface area contributed by atoms with E-state index in [1.807, 2.05) is 6.92 Å². The minimum atomic E-state index is -0.316. The van der Waals surface area contributed by atoms with Gasteiger partial charge in [-0.3, -0.25) is 9.59 Å². The normalized spacial score (nSPS) is 16.8. The molecule has 1 saturated heterocycles. The van der Waals surface area contributed by atoms with Gasteiger partial charge in [-0.2, -0.15) is 5.26 Å². The van der Waals surface area contributed by atoms with Crippen LogP contribution in [0.15, 0.2) is 42.5 Å². The molecule has 138 valence electrons. The topological polar surface area (TPSA) is 73.6 Å². The lowest BCUT2D eigenvalue weighted by atomic mass is 10.1. The van der Waals surface area contributed by atoms with Crippen LogP contribution in [0.4, 0.5) is 5.69 Å². The predicted octanol–water partition coefficient (Wildman–Crippen LogP) is 3.10. The lowest BCUT2D eigenvalue weighted by Crippen LogP contribution is -2.57. The highest BCUT2D eigenvalue weighted by Crippen LogP contribution is 2.28. The van der Waals surface area contributed by atoms with E-state index >= 15 is 0 Å². The Kier molecular flexibility index (Phi) is 5.33. The van der Waals surface area contributed by atoms with Gasteiger partial charge in [-0.05, 0) is 37.3 Å². The summed E-state index contributed by atoms with van der Waals surface area (Å²) in [5, 5.41) is 9.71. The number of anilines is 1. The van der Waals surface area contributed by atoms with Crippen LogP contribution in [-0.4, -0.2) is 43.0 Å². The van der Waals surface area contributed by atoms with Crippen molar-refractivity contribution in [1.29, 1.82) is 5.26 Å². The van der Waals surface area contributed by atoms with Crippen LogP contribution in [0.2, 0.25) is 5.02 Å². The maximum Gasteiger partial charge on any atom is 0.258 e. The van der Waals surface area contributed by atoms with Gasteiger partial charge in [0.2, 0.25) is 5.91 Å². The molecule has 0 bridgehead atoms. The number of benzene rings is 2. The van der Waals surface area contributed by atoms with Crippen LogP contribution < -0.4 is 9.64 Å². The van der Waals surface area contributed by atoms with Crippen molar-refractivity contribution < 1.29 is 14.3 Å². The van der Waals surface area contributed by atoms with Gasteiger partial charge in [-0.15, -0.1) is 0 Å². The van der Waals surface area contributed by atoms with Gasteiger partial charge in [-0.1, -0.05) is 23.7 Å². The highest BCUT2D eigenvalue weighted by molar-refractivity contribution is 6.31. The molecule has 27 heavy (non-hydrogen) atoms. The highest BCUT2D eigenvalue weighted by Gasteiger charge is 2.35. The van der Waals surface area contributed by atoms with Crippen LogP contribution in [0.1, 0.15) is 22.8 Å². The van der Waals surface area contributed by atoms with Crippen molar-refractivity contribution in [1.82, 2.24) is 4.90 Å². The van der Waals surface area contributed by atoms with Gasteiger partial charge >= 0.3 is 0 Å². The standard InChI is InChI=1S/C20H18ClN3O3/c1-13-11-24(17-6-4-3-5-14(17)10-22)19(25)12-23(13)20(26)16-9-15(21)7-8-18(16)27-2/h3-9,13H,11-12H2,1-2H3. The Balaban J connectivity index is 1.88. The summed E-state index contributed by atoms with van der Waals surface area (Å²) in [5.74, 6) is -0.158. The van der Waals surface area contributed by atoms with Gasteiger partial charge in [-0.25, -0.2) is 0 Å². The Hall–Kier alpha value is -3.04. The second-order valence-electron chi connectivity index (χ2n) is 6.26. The van der Waals surface area contributed by atoms with E-state index in [2.05, 4.69) is 6.07 Å². The lowest BCUT2D eigenvalue weighted by Gasteiger charge is -2.39. The average molecular weight is 384 g/mol. The molecule has 1 aliphatic rings. The number of carbonyl (C=O) groups excluding carboxylic acids is 2. The average Bonchev–Trinajstić information content (AvgIpc) is 2.68. The van der Waals surface area contributed by atoms with E-state index in [-0.39, 0.29) is 24.4 Å². The van der Waals surface area contributed by atoms with Crippen molar-refractivity contribution >= 4 is 29.1 Å². The molecular formula is C20H18ClN3O3. The number of ether oxygens (including phenoxy) is 1. The van der Waals surface area contributed by atoms with Crippen molar-refractivity contribution in [2.75, 3.05) is 25.1 Å². The van der Waals surface area contributed by atoms with Crippen LogP contribution in [0.3, 0.4) is 0 Å². The van der Waals surface area contributed by atoms with E-state index in [0.29, 0.717) is 34.1 Å². The SMILES string of the molecule is COc1ccc(Cl)cc1C(=O)N1CC(=O)N(c2ccccc2C#N)CC1C. The number of para-hydroxylation sites is 1. The molecule has 0 saturated carbocycles. The zero-order chi connectivity index (χ0) is 19.6. The fourth-order valence-electron chi connectivity index (χ4n) is 3.16. The Morgan fingerprint density at radius 2 is 2.04 bits per heavy atom. The zero-order valence-corrected chi connectivity index (χ0v) is 15.7. The van der Waals surface area contributed by atoms with E-state index in [9.17, 15) is 14.9 Å². The summed E-state index contributed by atoms with van der Waals surface area (Å²) in [4.78, 5) is 28.8. The summed E-state index contributed by atoms with van der Waals surface area (Å²) in [6.45, 7) is 2.07. The largest absolute Gasteiger partial charge is 0.496 e. The van der Waals surface area contributed by atoms with E-state index in [4.69, 9.17) is 16.3 Å². The third kappa shape index (κ3) is 3.60. The second-order valence-corrected chi connectivity index (χ2v) is 6.70. The van der Waals surface area contributed by atoms with Crippen LogP contribution in [0.5, 0.6) is 5.75 Å². The summed E-state index contributed by atoms with van der Waals surface area (Å²) in [6.07, 6.45) is 0. The molecule has 2 aromatic rings. The second kappa shape index (κ2) is 7.68. The maximum atomic E-state index is 13.0. The van der Waals surface area contributed by atoms with E-state index < -0.39 is 0 Å². The van der Waals surface area contributed by atoms with Crippen molar-refractivity contribution in [2.24, 2.45) is 0 Å². The van der Waals surface area contributed by atoms with Gasteiger partial charge in [0.25, 0.3) is 5.91 Å². The number of carbonyl (C=O) groups is 2. The van der Waals surface area contributed by atoms with Crippen molar-refractivity contribution in [3.05, 3.63) is 58.6 Å². The molecular weight excluding hydrogens is 366 g/mol. The molecule has 1 unspecified atom stereocenters. The Labute approximate surface area is 162 Å². The zero-order valence-electron chi connectivity index (χ0n) is 15.0. The molecule has 0 N–H and O–H groups in total.